The van der Waals surface area contributed by atoms with Crippen LogP contribution in [0, 0.1) is 5.82 Å². The average Bonchev–Trinajstić information content (AvgIpc) is 3.01. The molecule has 0 bridgehead atoms. The quantitative estimate of drug-likeness (QED) is 0.560. The highest BCUT2D eigenvalue weighted by Crippen LogP contribution is 2.23. The van der Waals surface area contributed by atoms with Gasteiger partial charge in [0.05, 0.1) is 21.7 Å². The van der Waals surface area contributed by atoms with Crippen LogP contribution in [0.25, 0.3) is 0 Å². The standard InChI is InChI=1S/C14H15BrFN5O3S/c15-10-7-9(1-2-11(10)16)18-13(17)12-14(21-24-20-12)19-8-3-5-25(22,23)6-4-8/h1-2,7-8H,3-6H2,(H2,17,18)(H,19,21). The zero-order valence-electron chi connectivity index (χ0n) is 12.9. The van der Waals surface area contributed by atoms with E-state index in [-0.39, 0.29) is 33.5 Å². The van der Waals surface area contributed by atoms with E-state index in [9.17, 15) is 12.8 Å². The van der Waals surface area contributed by atoms with Crippen LogP contribution < -0.4 is 11.1 Å². The molecule has 134 valence electrons. The summed E-state index contributed by atoms with van der Waals surface area (Å²) in [6, 6.07) is 4.15. The fourth-order valence-electron chi connectivity index (χ4n) is 2.43. The Morgan fingerprint density at radius 3 is 2.76 bits per heavy atom. The molecule has 8 nitrogen and oxygen atoms in total. The number of rotatable bonds is 4. The van der Waals surface area contributed by atoms with Gasteiger partial charge in [0.25, 0.3) is 0 Å². The van der Waals surface area contributed by atoms with Crippen molar-refractivity contribution in [2.75, 3.05) is 16.8 Å². The van der Waals surface area contributed by atoms with E-state index < -0.39 is 15.7 Å². The molecule has 0 spiro atoms. The number of hydrogen-bond donors (Lipinski definition) is 2. The highest BCUT2D eigenvalue weighted by atomic mass is 79.9. The van der Waals surface area contributed by atoms with Crippen LogP contribution in [0.15, 0.2) is 32.3 Å². The molecule has 3 N–H and O–H groups in total. The van der Waals surface area contributed by atoms with E-state index in [2.05, 4.69) is 36.6 Å². The average molecular weight is 432 g/mol. The van der Waals surface area contributed by atoms with Crippen LogP contribution in [0.5, 0.6) is 0 Å². The fourth-order valence-corrected chi connectivity index (χ4v) is 4.28. The summed E-state index contributed by atoms with van der Waals surface area (Å²) in [5, 5.41) is 10.6. The van der Waals surface area contributed by atoms with Crippen LogP contribution in [-0.4, -0.2) is 42.1 Å². The Morgan fingerprint density at radius 2 is 2.08 bits per heavy atom. The number of benzene rings is 1. The molecule has 1 aromatic heterocycles. The third-order valence-electron chi connectivity index (χ3n) is 3.78. The van der Waals surface area contributed by atoms with E-state index in [0.29, 0.717) is 24.3 Å². The summed E-state index contributed by atoms with van der Waals surface area (Å²) in [5.74, 6) is 0.185. The molecule has 0 aliphatic carbocycles. The first-order valence-corrected chi connectivity index (χ1v) is 10.0. The van der Waals surface area contributed by atoms with E-state index in [1.54, 1.807) is 0 Å². The van der Waals surface area contributed by atoms with Gasteiger partial charge in [-0.25, -0.2) is 22.4 Å². The smallest absolute Gasteiger partial charge is 0.202 e. The van der Waals surface area contributed by atoms with Gasteiger partial charge in [0.1, 0.15) is 15.7 Å². The number of aliphatic imine (C=N–C) groups is 1. The lowest BCUT2D eigenvalue weighted by atomic mass is 10.1. The topological polar surface area (TPSA) is 123 Å². The molecule has 0 unspecified atom stereocenters. The van der Waals surface area contributed by atoms with E-state index in [0.717, 1.165) is 0 Å². The van der Waals surface area contributed by atoms with Crippen LogP contribution in [0.4, 0.5) is 15.9 Å². The molecular formula is C14H15BrFN5O3S. The SMILES string of the molecule is NC(=Nc1ccc(F)c(Br)c1)c1nonc1NC1CCS(=O)(=O)CC1. The molecule has 1 aromatic carbocycles. The van der Waals surface area contributed by atoms with E-state index in [1.807, 2.05) is 0 Å². The minimum atomic E-state index is -2.95. The third-order valence-corrected chi connectivity index (χ3v) is 6.10. The predicted molar refractivity (Wildman–Crippen MR) is 94.1 cm³/mol. The summed E-state index contributed by atoms with van der Waals surface area (Å²) >= 11 is 3.08. The number of aromatic nitrogens is 2. The van der Waals surface area contributed by atoms with Gasteiger partial charge in [-0.15, -0.1) is 0 Å². The Morgan fingerprint density at radius 1 is 1.36 bits per heavy atom. The van der Waals surface area contributed by atoms with Gasteiger partial charge >= 0.3 is 0 Å². The van der Waals surface area contributed by atoms with Crippen LogP contribution in [0.2, 0.25) is 0 Å². The largest absolute Gasteiger partial charge is 0.382 e. The first-order chi connectivity index (χ1) is 11.8. The number of nitrogens with zero attached hydrogens (tertiary/aromatic N) is 3. The summed E-state index contributed by atoms with van der Waals surface area (Å²) in [7, 11) is -2.95. The zero-order valence-corrected chi connectivity index (χ0v) is 15.3. The molecule has 1 aliphatic heterocycles. The highest BCUT2D eigenvalue weighted by molar-refractivity contribution is 9.10. The summed E-state index contributed by atoms with van der Waals surface area (Å²) in [4.78, 5) is 4.18. The van der Waals surface area contributed by atoms with Gasteiger partial charge in [0.2, 0.25) is 5.82 Å². The van der Waals surface area contributed by atoms with Gasteiger partial charge < -0.3 is 11.1 Å². The van der Waals surface area contributed by atoms with Gasteiger partial charge in [-0.1, -0.05) is 0 Å². The second kappa shape index (κ2) is 7.08. The molecule has 3 rings (SSSR count). The van der Waals surface area contributed by atoms with Gasteiger partial charge in [0.15, 0.2) is 11.5 Å². The molecule has 1 fully saturated rings. The molecular weight excluding hydrogens is 417 g/mol. The lowest BCUT2D eigenvalue weighted by Gasteiger charge is -2.22. The van der Waals surface area contributed by atoms with Gasteiger partial charge in [0, 0.05) is 6.04 Å². The van der Waals surface area contributed by atoms with Crippen molar-refractivity contribution in [1.29, 1.82) is 0 Å². The molecule has 0 amide bonds. The molecule has 0 saturated carbocycles. The first kappa shape index (κ1) is 17.8. The van der Waals surface area contributed by atoms with E-state index in [1.165, 1.54) is 18.2 Å². The van der Waals surface area contributed by atoms with Crippen LogP contribution >= 0.6 is 15.9 Å². The molecule has 1 saturated heterocycles. The molecule has 2 aromatic rings. The van der Waals surface area contributed by atoms with Crippen molar-refractivity contribution in [2.24, 2.45) is 10.7 Å². The molecule has 11 heteroatoms. The fraction of sp³-hybridized carbons (Fsp3) is 0.357. The Balaban J connectivity index is 1.76. The van der Waals surface area contributed by atoms with Crippen LogP contribution in [0.3, 0.4) is 0 Å². The predicted octanol–water partition coefficient (Wildman–Crippen LogP) is 2.00. The van der Waals surface area contributed by atoms with Crippen LogP contribution in [0.1, 0.15) is 18.5 Å². The number of amidine groups is 1. The second-order valence-corrected chi connectivity index (χ2v) is 8.79. The number of nitrogens with two attached hydrogens (primary N) is 1. The van der Waals surface area contributed by atoms with Gasteiger partial charge in [-0.05, 0) is 57.3 Å². The Hall–Kier alpha value is -2.01. The van der Waals surface area contributed by atoms with Crippen molar-refractivity contribution in [3.8, 4) is 0 Å². The number of sulfone groups is 1. The Bertz CT molecular complexity index is 901. The minimum absolute atomic E-state index is 0.0469. The van der Waals surface area contributed by atoms with Crippen molar-refractivity contribution in [3.05, 3.63) is 34.2 Å². The lowest BCUT2D eigenvalue weighted by Crippen LogP contribution is -2.33. The van der Waals surface area contributed by atoms with Crippen molar-refractivity contribution < 1.29 is 17.4 Å². The monoisotopic (exact) mass is 431 g/mol. The number of nitrogens with one attached hydrogen (secondary N) is 1. The Kier molecular flexibility index (Phi) is 5.04. The second-order valence-electron chi connectivity index (χ2n) is 5.63. The van der Waals surface area contributed by atoms with Crippen LogP contribution in [-0.2, 0) is 9.84 Å². The maximum atomic E-state index is 13.3. The summed E-state index contributed by atoms with van der Waals surface area (Å²) in [6.07, 6.45) is 0.938. The normalized spacial score (nSPS) is 18.2. The molecule has 1 aliphatic rings. The van der Waals surface area contributed by atoms with E-state index >= 15 is 0 Å². The van der Waals surface area contributed by atoms with Gasteiger partial charge in [-0.3, -0.25) is 0 Å². The maximum Gasteiger partial charge on any atom is 0.202 e. The van der Waals surface area contributed by atoms with Crippen molar-refractivity contribution >= 4 is 43.1 Å². The summed E-state index contributed by atoms with van der Waals surface area (Å²) < 4.78 is 41.2. The first-order valence-electron chi connectivity index (χ1n) is 7.43. The van der Waals surface area contributed by atoms with Crippen molar-refractivity contribution in [2.45, 2.75) is 18.9 Å². The molecule has 0 atom stereocenters. The minimum Gasteiger partial charge on any atom is -0.382 e. The lowest BCUT2D eigenvalue weighted by molar-refractivity contribution is 0.307. The summed E-state index contributed by atoms with van der Waals surface area (Å²) in [5.41, 5.74) is 6.60. The zero-order chi connectivity index (χ0) is 18.0. The van der Waals surface area contributed by atoms with Crippen molar-refractivity contribution in [3.63, 3.8) is 0 Å². The number of halogens is 2. The number of anilines is 1. The highest BCUT2D eigenvalue weighted by Gasteiger charge is 2.25. The van der Waals surface area contributed by atoms with Gasteiger partial charge in [-0.2, -0.15) is 0 Å². The van der Waals surface area contributed by atoms with Crippen molar-refractivity contribution in [1.82, 2.24) is 10.3 Å². The third kappa shape index (κ3) is 4.34. The maximum absolute atomic E-state index is 13.3. The molecule has 25 heavy (non-hydrogen) atoms. The van der Waals surface area contributed by atoms with E-state index in [4.69, 9.17) is 10.4 Å². The molecule has 0 radical (unpaired) electrons. The summed E-state index contributed by atoms with van der Waals surface area (Å²) in [6.45, 7) is 0. The Labute approximate surface area is 151 Å². The number of hydrogen-bond acceptors (Lipinski definition) is 7. The molecule has 2 heterocycles.